The van der Waals surface area contributed by atoms with Crippen molar-refractivity contribution in [1.29, 1.82) is 0 Å². The first-order valence-corrected chi connectivity index (χ1v) is 6.12. The number of rotatable bonds is 6. The zero-order valence-corrected chi connectivity index (χ0v) is 10.9. The number of aromatic nitrogens is 2. The van der Waals surface area contributed by atoms with Gasteiger partial charge < -0.3 is 10.1 Å². The number of nitro benzene ring substituents is 1. The third-order valence-electron chi connectivity index (χ3n) is 2.52. The molecule has 0 fully saturated rings. The van der Waals surface area contributed by atoms with E-state index >= 15 is 0 Å². The van der Waals surface area contributed by atoms with Crippen molar-refractivity contribution in [2.75, 3.05) is 11.9 Å². The van der Waals surface area contributed by atoms with Crippen LogP contribution in [0.15, 0.2) is 36.5 Å². The Morgan fingerprint density at radius 1 is 1.30 bits per heavy atom. The Morgan fingerprint density at radius 2 is 2.05 bits per heavy atom. The molecule has 0 aliphatic carbocycles. The van der Waals surface area contributed by atoms with Crippen LogP contribution in [0.5, 0.6) is 5.88 Å². The summed E-state index contributed by atoms with van der Waals surface area (Å²) >= 11 is 0. The summed E-state index contributed by atoms with van der Waals surface area (Å²) in [4.78, 5) is 18.4. The van der Waals surface area contributed by atoms with Gasteiger partial charge in [-0.05, 0) is 12.5 Å². The minimum Gasteiger partial charge on any atom is -0.478 e. The highest BCUT2D eigenvalue weighted by Gasteiger charge is 2.04. The first kappa shape index (κ1) is 13.7. The molecule has 0 bridgehead atoms. The number of benzene rings is 1. The number of ether oxygens (including phenoxy) is 1. The fourth-order valence-electron chi connectivity index (χ4n) is 1.57. The smallest absolute Gasteiger partial charge is 0.269 e. The van der Waals surface area contributed by atoms with Crippen LogP contribution in [0.25, 0.3) is 0 Å². The lowest BCUT2D eigenvalue weighted by molar-refractivity contribution is -0.384. The van der Waals surface area contributed by atoms with Crippen LogP contribution in [0.1, 0.15) is 12.5 Å². The maximum Gasteiger partial charge on any atom is 0.269 e. The van der Waals surface area contributed by atoms with Gasteiger partial charge in [0.1, 0.15) is 0 Å². The molecule has 7 nitrogen and oxygen atoms in total. The van der Waals surface area contributed by atoms with Crippen LogP contribution >= 0.6 is 0 Å². The fraction of sp³-hybridized carbons (Fsp3) is 0.231. The number of anilines is 1. The second-order valence-corrected chi connectivity index (χ2v) is 3.93. The van der Waals surface area contributed by atoms with Gasteiger partial charge in [-0.1, -0.05) is 12.1 Å². The zero-order chi connectivity index (χ0) is 14.4. The molecule has 0 amide bonds. The lowest BCUT2D eigenvalue weighted by atomic mass is 10.2. The monoisotopic (exact) mass is 274 g/mol. The summed E-state index contributed by atoms with van der Waals surface area (Å²) in [5.41, 5.74) is 0.976. The highest BCUT2D eigenvalue weighted by molar-refractivity contribution is 5.35. The Morgan fingerprint density at radius 3 is 2.70 bits per heavy atom. The van der Waals surface area contributed by atoms with Crippen LogP contribution in [0.3, 0.4) is 0 Å². The summed E-state index contributed by atoms with van der Waals surface area (Å²) in [5, 5.41) is 13.6. The molecule has 1 aromatic heterocycles. The average molecular weight is 274 g/mol. The molecule has 0 saturated carbocycles. The molecule has 0 aliphatic rings. The minimum absolute atomic E-state index is 0.0725. The van der Waals surface area contributed by atoms with Crippen LogP contribution < -0.4 is 10.1 Å². The molecule has 2 rings (SSSR count). The van der Waals surface area contributed by atoms with Gasteiger partial charge in [0.25, 0.3) is 5.69 Å². The zero-order valence-electron chi connectivity index (χ0n) is 10.9. The first-order valence-electron chi connectivity index (χ1n) is 6.12. The van der Waals surface area contributed by atoms with Crippen molar-refractivity contribution in [3.05, 3.63) is 52.2 Å². The molecule has 104 valence electrons. The predicted molar refractivity (Wildman–Crippen MR) is 73.6 cm³/mol. The molecule has 20 heavy (non-hydrogen) atoms. The van der Waals surface area contributed by atoms with Crippen LogP contribution in [0, 0.1) is 10.1 Å². The Labute approximate surface area is 115 Å². The molecule has 0 radical (unpaired) electrons. The largest absolute Gasteiger partial charge is 0.478 e. The van der Waals surface area contributed by atoms with Gasteiger partial charge in [-0.25, -0.2) is 4.98 Å². The third kappa shape index (κ3) is 3.64. The standard InChI is InChI=1S/C13H14N4O3/c1-2-20-12-7-8-14-13(16-12)15-9-10-3-5-11(6-4-10)17(18)19/h3-8H,2,9H2,1H3,(H,14,15,16). The van der Waals surface area contributed by atoms with E-state index in [-0.39, 0.29) is 5.69 Å². The van der Waals surface area contributed by atoms with Crippen molar-refractivity contribution in [2.45, 2.75) is 13.5 Å². The number of hydrogen-bond donors (Lipinski definition) is 1. The van der Waals surface area contributed by atoms with Gasteiger partial charge in [-0.15, -0.1) is 0 Å². The van der Waals surface area contributed by atoms with Gasteiger partial charge in [0.15, 0.2) is 0 Å². The van der Waals surface area contributed by atoms with Crippen LogP contribution in [-0.2, 0) is 6.54 Å². The fourth-order valence-corrected chi connectivity index (χ4v) is 1.57. The molecule has 1 aromatic carbocycles. The van der Waals surface area contributed by atoms with Crippen LogP contribution in [-0.4, -0.2) is 21.5 Å². The Bertz CT molecular complexity index is 586. The highest BCUT2D eigenvalue weighted by atomic mass is 16.6. The molecule has 0 saturated heterocycles. The van der Waals surface area contributed by atoms with Gasteiger partial charge in [-0.3, -0.25) is 10.1 Å². The first-order chi connectivity index (χ1) is 9.69. The molecule has 0 unspecified atom stereocenters. The minimum atomic E-state index is -0.425. The highest BCUT2D eigenvalue weighted by Crippen LogP contribution is 2.13. The number of hydrogen-bond acceptors (Lipinski definition) is 6. The molecular weight excluding hydrogens is 260 g/mol. The normalized spacial score (nSPS) is 10.1. The van der Waals surface area contributed by atoms with E-state index in [1.807, 2.05) is 6.92 Å². The average Bonchev–Trinajstić information content (AvgIpc) is 2.46. The van der Waals surface area contributed by atoms with Gasteiger partial charge in [0.05, 0.1) is 11.5 Å². The van der Waals surface area contributed by atoms with Gasteiger partial charge in [0.2, 0.25) is 11.8 Å². The maximum absolute atomic E-state index is 10.5. The lowest BCUT2D eigenvalue weighted by Crippen LogP contribution is -2.05. The van der Waals surface area contributed by atoms with Crippen LogP contribution in [0.4, 0.5) is 11.6 Å². The van der Waals surface area contributed by atoms with Crippen molar-refractivity contribution in [3.8, 4) is 5.88 Å². The second-order valence-electron chi connectivity index (χ2n) is 3.93. The summed E-state index contributed by atoms with van der Waals surface area (Å²) in [7, 11) is 0. The molecule has 0 atom stereocenters. The van der Waals surface area contributed by atoms with Crippen molar-refractivity contribution in [1.82, 2.24) is 9.97 Å². The molecule has 1 heterocycles. The number of nitro groups is 1. The Hall–Kier alpha value is -2.70. The molecule has 0 aliphatic heterocycles. The van der Waals surface area contributed by atoms with E-state index in [2.05, 4.69) is 15.3 Å². The maximum atomic E-state index is 10.5. The Balaban J connectivity index is 1.97. The van der Waals surface area contributed by atoms with E-state index < -0.39 is 4.92 Å². The third-order valence-corrected chi connectivity index (χ3v) is 2.52. The van der Waals surface area contributed by atoms with Crippen molar-refractivity contribution < 1.29 is 9.66 Å². The lowest BCUT2D eigenvalue weighted by Gasteiger charge is -2.06. The number of nitrogens with one attached hydrogen (secondary N) is 1. The number of nitrogens with zero attached hydrogens (tertiary/aromatic N) is 3. The second kappa shape index (κ2) is 6.46. The summed E-state index contributed by atoms with van der Waals surface area (Å²) in [5.74, 6) is 0.961. The quantitative estimate of drug-likeness (QED) is 0.642. The summed E-state index contributed by atoms with van der Waals surface area (Å²) in [6, 6.07) is 8.00. The van der Waals surface area contributed by atoms with Gasteiger partial charge in [-0.2, -0.15) is 4.98 Å². The van der Waals surface area contributed by atoms with Gasteiger partial charge >= 0.3 is 0 Å². The van der Waals surface area contributed by atoms with Gasteiger partial charge in [0, 0.05) is 30.9 Å². The van der Waals surface area contributed by atoms with Crippen molar-refractivity contribution >= 4 is 11.6 Å². The van der Waals surface area contributed by atoms with Crippen molar-refractivity contribution in [2.24, 2.45) is 0 Å². The van der Waals surface area contributed by atoms with Crippen molar-refractivity contribution in [3.63, 3.8) is 0 Å². The van der Waals surface area contributed by atoms with E-state index in [4.69, 9.17) is 4.74 Å². The Kier molecular flexibility index (Phi) is 4.43. The molecule has 2 aromatic rings. The molecule has 1 N–H and O–H groups in total. The summed E-state index contributed by atoms with van der Waals surface area (Å²) in [6.07, 6.45) is 1.61. The van der Waals surface area contributed by atoms with Crippen LogP contribution in [0.2, 0.25) is 0 Å². The topological polar surface area (TPSA) is 90.2 Å². The predicted octanol–water partition coefficient (Wildman–Crippen LogP) is 2.40. The van der Waals surface area contributed by atoms with E-state index in [1.165, 1.54) is 12.1 Å². The molecule has 0 spiro atoms. The van der Waals surface area contributed by atoms with E-state index in [1.54, 1.807) is 24.4 Å². The molecule has 7 heteroatoms. The number of non-ortho nitro benzene ring substituents is 1. The SMILES string of the molecule is CCOc1ccnc(NCc2ccc([N+](=O)[O-])cc2)n1. The van der Waals surface area contributed by atoms with E-state index in [0.717, 1.165) is 5.56 Å². The summed E-state index contributed by atoms with van der Waals surface area (Å²) < 4.78 is 5.27. The summed E-state index contributed by atoms with van der Waals surface area (Å²) in [6.45, 7) is 2.90. The van der Waals surface area contributed by atoms with E-state index in [9.17, 15) is 10.1 Å². The molecular formula is C13H14N4O3. The van der Waals surface area contributed by atoms with E-state index in [0.29, 0.717) is 25.0 Å².